The van der Waals surface area contributed by atoms with Gasteiger partial charge >= 0.3 is 5.97 Å². The molecule has 1 aromatic rings. The number of aryl methyl sites for hydroxylation is 1. The van der Waals surface area contributed by atoms with Crippen molar-refractivity contribution in [2.24, 2.45) is 11.8 Å². The average molecular weight is 276 g/mol. The molecule has 0 aromatic carbocycles. The Morgan fingerprint density at radius 2 is 2.20 bits per heavy atom. The van der Waals surface area contributed by atoms with Crippen LogP contribution in [0.4, 0.5) is 0 Å². The van der Waals surface area contributed by atoms with Crippen molar-refractivity contribution in [2.75, 3.05) is 0 Å². The van der Waals surface area contributed by atoms with Gasteiger partial charge in [0.1, 0.15) is 5.82 Å². The molecule has 5 nitrogen and oxygen atoms in total. The molecule has 20 heavy (non-hydrogen) atoms. The lowest BCUT2D eigenvalue weighted by Crippen LogP contribution is -2.23. The Kier molecular flexibility index (Phi) is 3.36. The van der Waals surface area contributed by atoms with Crippen LogP contribution in [-0.4, -0.2) is 21.0 Å². The number of carboxylic acid groups (broad SMARTS) is 1. The minimum absolute atomic E-state index is 0.0287. The predicted molar refractivity (Wildman–Crippen MR) is 73.7 cm³/mol. The second-order valence-electron chi connectivity index (χ2n) is 6.19. The zero-order chi connectivity index (χ0) is 14.3. The van der Waals surface area contributed by atoms with Gasteiger partial charge in [0.15, 0.2) is 0 Å². The van der Waals surface area contributed by atoms with Crippen molar-refractivity contribution in [2.45, 2.75) is 51.4 Å². The summed E-state index contributed by atoms with van der Waals surface area (Å²) in [5.74, 6) is 1.81. The molecule has 2 saturated carbocycles. The third-order valence-corrected chi connectivity index (χ3v) is 4.92. The first-order valence-electron chi connectivity index (χ1n) is 7.36. The van der Waals surface area contributed by atoms with Crippen LogP contribution in [0.25, 0.3) is 0 Å². The van der Waals surface area contributed by atoms with Gasteiger partial charge in [0, 0.05) is 23.6 Å². The molecule has 1 heterocycles. The molecular formula is C15H20N2O3. The molecule has 2 aliphatic rings. The van der Waals surface area contributed by atoms with Gasteiger partial charge in [-0.15, -0.1) is 0 Å². The Bertz CT molecular complexity index is 593. The minimum Gasteiger partial charge on any atom is -0.481 e. The normalized spacial score (nSPS) is 27.9. The highest BCUT2D eigenvalue weighted by Crippen LogP contribution is 2.51. The van der Waals surface area contributed by atoms with Gasteiger partial charge in [0.05, 0.1) is 0 Å². The topological polar surface area (TPSA) is 83.0 Å². The van der Waals surface area contributed by atoms with Crippen LogP contribution in [0, 0.1) is 18.8 Å². The molecule has 0 radical (unpaired) electrons. The molecule has 0 aliphatic heterocycles. The Labute approximate surface area is 117 Å². The molecular weight excluding hydrogens is 256 g/mol. The van der Waals surface area contributed by atoms with E-state index in [2.05, 4.69) is 9.97 Å². The van der Waals surface area contributed by atoms with E-state index in [0.717, 1.165) is 18.2 Å². The maximum Gasteiger partial charge on any atom is 0.303 e. The number of carbonyl (C=O) groups is 1. The summed E-state index contributed by atoms with van der Waals surface area (Å²) in [6, 6.07) is 0. The molecule has 3 rings (SSSR count). The largest absolute Gasteiger partial charge is 0.481 e. The van der Waals surface area contributed by atoms with Crippen molar-refractivity contribution in [3.8, 4) is 0 Å². The zero-order valence-corrected chi connectivity index (χ0v) is 11.7. The molecule has 0 spiro atoms. The lowest BCUT2D eigenvalue weighted by Gasteiger charge is -2.21. The number of nitrogens with one attached hydrogen (secondary N) is 1. The molecule has 2 N–H and O–H groups in total. The Balaban J connectivity index is 1.84. The fraction of sp³-hybridized carbons (Fsp3) is 0.667. The molecule has 2 fully saturated rings. The van der Waals surface area contributed by atoms with Gasteiger partial charge in [-0.2, -0.15) is 0 Å². The summed E-state index contributed by atoms with van der Waals surface area (Å²) in [5, 5.41) is 8.72. The maximum absolute atomic E-state index is 12.1. The van der Waals surface area contributed by atoms with E-state index >= 15 is 0 Å². The number of H-pyrrole nitrogens is 1. The highest BCUT2D eigenvalue weighted by atomic mass is 16.4. The van der Waals surface area contributed by atoms with Crippen molar-refractivity contribution in [3.63, 3.8) is 0 Å². The number of aromatic amines is 1. The van der Waals surface area contributed by atoms with Gasteiger partial charge in [0.2, 0.25) is 0 Å². The predicted octanol–water partition coefficient (Wildman–Crippen LogP) is 2.00. The smallest absolute Gasteiger partial charge is 0.303 e. The summed E-state index contributed by atoms with van der Waals surface area (Å²) in [6.07, 6.45) is 5.20. The van der Waals surface area contributed by atoms with Crippen molar-refractivity contribution in [1.82, 2.24) is 9.97 Å². The number of nitrogens with zero attached hydrogens (tertiary/aromatic N) is 1. The van der Waals surface area contributed by atoms with E-state index in [-0.39, 0.29) is 18.4 Å². The van der Waals surface area contributed by atoms with Crippen LogP contribution in [0.1, 0.15) is 55.1 Å². The van der Waals surface area contributed by atoms with Crippen LogP contribution in [0.5, 0.6) is 0 Å². The van der Waals surface area contributed by atoms with Crippen LogP contribution in [0.3, 0.4) is 0 Å². The zero-order valence-electron chi connectivity index (χ0n) is 11.7. The van der Waals surface area contributed by atoms with Crippen LogP contribution in [0.15, 0.2) is 4.79 Å². The third-order valence-electron chi connectivity index (χ3n) is 4.92. The van der Waals surface area contributed by atoms with Crippen molar-refractivity contribution >= 4 is 5.97 Å². The first-order valence-corrected chi connectivity index (χ1v) is 7.36. The minimum atomic E-state index is -0.888. The van der Waals surface area contributed by atoms with E-state index in [1.165, 1.54) is 19.3 Å². The van der Waals surface area contributed by atoms with Gasteiger partial charge < -0.3 is 10.1 Å². The molecule has 2 aliphatic carbocycles. The highest BCUT2D eigenvalue weighted by Gasteiger charge is 2.41. The fourth-order valence-corrected chi connectivity index (χ4v) is 3.91. The Morgan fingerprint density at radius 3 is 2.75 bits per heavy atom. The van der Waals surface area contributed by atoms with Gasteiger partial charge in [0.25, 0.3) is 5.56 Å². The molecule has 5 heteroatoms. The second kappa shape index (κ2) is 5.04. The summed E-state index contributed by atoms with van der Waals surface area (Å²) in [7, 11) is 0. The fourth-order valence-electron chi connectivity index (χ4n) is 3.91. The van der Waals surface area contributed by atoms with E-state index in [0.29, 0.717) is 23.1 Å². The summed E-state index contributed by atoms with van der Waals surface area (Å²) in [5.41, 5.74) is 1.05. The monoisotopic (exact) mass is 276 g/mol. The number of fused-ring (bicyclic) bond motifs is 2. The Hall–Kier alpha value is -1.65. The molecule has 3 atom stereocenters. The van der Waals surface area contributed by atoms with Gasteiger partial charge in [-0.1, -0.05) is 6.42 Å². The number of carboxylic acids is 1. The van der Waals surface area contributed by atoms with Gasteiger partial charge in [-0.3, -0.25) is 9.59 Å². The van der Waals surface area contributed by atoms with Crippen LogP contribution >= 0.6 is 0 Å². The average Bonchev–Trinajstić information content (AvgIpc) is 2.99. The Morgan fingerprint density at radius 1 is 1.40 bits per heavy atom. The maximum atomic E-state index is 12.1. The summed E-state index contributed by atoms with van der Waals surface area (Å²) in [4.78, 5) is 30.2. The van der Waals surface area contributed by atoms with E-state index < -0.39 is 5.97 Å². The number of hydrogen-bond acceptors (Lipinski definition) is 3. The summed E-state index contributed by atoms with van der Waals surface area (Å²) in [6.45, 7) is 1.81. The van der Waals surface area contributed by atoms with E-state index in [1.54, 1.807) is 0 Å². The first-order chi connectivity index (χ1) is 9.54. The number of aromatic nitrogens is 2. The number of rotatable bonds is 4. The second-order valence-corrected chi connectivity index (χ2v) is 6.19. The number of hydrogen-bond donors (Lipinski definition) is 2. The lowest BCUT2D eigenvalue weighted by atomic mass is 9.88. The van der Waals surface area contributed by atoms with Crippen LogP contribution in [-0.2, 0) is 11.2 Å². The van der Waals surface area contributed by atoms with Crippen LogP contribution < -0.4 is 5.56 Å². The summed E-state index contributed by atoms with van der Waals surface area (Å²) >= 11 is 0. The van der Waals surface area contributed by atoms with Gasteiger partial charge in [-0.05, 0) is 44.4 Å². The first kappa shape index (κ1) is 13.3. The van der Waals surface area contributed by atoms with E-state index in [4.69, 9.17) is 5.11 Å². The van der Waals surface area contributed by atoms with Crippen molar-refractivity contribution in [3.05, 3.63) is 27.4 Å². The van der Waals surface area contributed by atoms with Crippen molar-refractivity contribution in [1.29, 1.82) is 0 Å². The molecule has 1 aromatic heterocycles. The number of aliphatic carboxylic acids is 1. The standard InChI is InChI=1S/C15H20N2O3/c1-8-11(4-5-13(18)19)15(20)17-14(16-8)12-7-9-2-3-10(12)6-9/h9-10,12H,2-7H2,1H3,(H,18,19)(H,16,17,20). The van der Waals surface area contributed by atoms with E-state index in [1.807, 2.05) is 6.92 Å². The lowest BCUT2D eigenvalue weighted by molar-refractivity contribution is -0.136. The molecule has 2 bridgehead atoms. The SMILES string of the molecule is Cc1nc(C2CC3CCC2C3)[nH]c(=O)c1CCC(=O)O. The van der Waals surface area contributed by atoms with Crippen LogP contribution in [0.2, 0.25) is 0 Å². The molecule has 3 unspecified atom stereocenters. The third kappa shape index (κ3) is 2.37. The molecule has 108 valence electrons. The highest BCUT2D eigenvalue weighted by molar-refractivity contribution is 5.67. The van der Waals surface area contributed by atoms with E-state index in [9.17, 15) is 9.59 Å². The summed E-state index contributed by atoms with van der Waals surface area (Å²) < 4.78 is 0. The van der Waals surface area contributed by atoms with Crippen molar-refractivity contribution < 1.29 is 9.90 Å². The quantitative estimate of drug-likeness (QED) is 0.881. The molecule has 0 saturated heterocycles. The van der Waals surface area contributed by atoms with Gasteiger partial charge in [-0.25, -0.2) is 4.98 Å². The molecule has 0 amide bonds.